The van der Waals surface area contributed by atoms with E-state index in [1.807, 2.05) is 13.0 Å². The molecular weight excluding hydrogens is 226 g/mol. The average molecular weight is 242 g/mol. The van der Waals surface area contributed by atoms with Crippen LogP contribution in [0.25, 0.3) is 0 Å². The summed E-state index contributed by atoms with van der Waals surface area (Å²) in [7, 11) is 3.41. The predicted molar refractivity (Wildman–Crippen MR) is 65.0 cm³/mol. The molecule has 1 amide bonds. The van der Waals surface area contributed by atoms with E-state index < -0.39 is 6.10 Å². The van der Waals surface area contributed by atoms with Crippen LogP contribution < -0.4 is 4.74 Å². The van der Waals surface area contributed by atoms with Crippen LogP contribution in [0.1, 0.15) is 12.5 Å². The lowest BCUT2D eigenvalue weighted by Gasteiger charge is -2.19. The van der Waals surface area contributed by atoms with Crippen molar-refractivity contribution in [1.29, 1.82) is 0 Å². The molecule has 0 N–H and O–H groups in total. The molecule has 0 radical (unpaired) electrons. The van der Waals surface area contributed by atoms with Gasteiger partial charge in [-0.05, 0) is 37.6 Å². The summed E-state index contributed by atoms with van der Waals surface area (Å²) in [5, 5.41) is 0.663. The molecule has 0 saturated carbocycles. The number of aryl methyl sites for hydroxylation is 1. The highest BCUT2D eigenvalue weighted by atomic mass is 35.5. The van der Waals surface area contributed by atoms with Crippen LogP contribution in [0.4, 0.5) is 0 Å². The van der Waals surface area contributed by atoms with Crippen LogP contribution >= 0.6 is 11.6 Å². The van der Waals surface area contributed by atoms with Gasteiger partial charge in [0.2, 0.25) is 0 Å². The molecule has 0 saturated heterocycles. The first kappa shape index (κ1) is 12.8. The van der Waals surface area contributed by atoms with E-state index in [0.717, 1.165) is 5.56 Å². The number of rotatable bonds is 3. The second-order valence-electron chi connectivity index (χ2n) is 3.90. The molecular formula is C12H16ClNO2. The summed E-state index contributed by atoms with van der Waals surface area (Å²) in [6.45, 7) is 3.63. The Balaban J connectivity index is 2.77. The summed E-state index contributed by atoms with van der Waals surface area (Å²) >= 11 is 5.84. The minimum absolute atomic E-state index is 0.0608. The Bertz CT molecular complexity index is 391. The van der Waals surface area contributed by atoms with Crippen molar-refractivity contribution in [3.63, 3.8) is 0 Å². The number of halogens is 1. The Hall–Kier alpha value is -1.22. The second kappa shape index (κ2) is 5.21. The molecule has 1 atom stereocenters. The highest BCUT2D eigenvalue weighted by Crippen LogP contribution is 2.22. The maximum atomic E-state index is 11.6. The first-order valence-corrected chi connectivity index (χ1v) is 5.43. The largest absolute Gasteiger partial charge is 0.481 e. The van der Waals surface area contributed by atoms with E-state index in [0.29, 0.717) is 10.8 Å². The minimum Gasteiger partial charge on any atom is -0.481 e. The lowest BCUT2D eigenvalue weighted by atomic mass is 10.2. The standard InChI is InChI=1S/C12H16ClNO2/c1-8-7-10(13)5-6-11(8)16-9(2)12(15)14(3)4/h5-7,9H,1-4H3. The van der Waals surface area contributed by atoms with Crippen LogP contribution in [0.5, 0.6) is 5.75 Å². The first-order valence-electron chi connectivity index (χ1n) is 5.06. The number of carbonyl (C=O) groups excluding carboxylic acids is 1. The van der Waals surface area contributed by atoms with E-state index in [1.54, 1.807) is 33.2 Å². The molecule has 1 rings (SSSR count). The van der Waals surface area contributed by atoms with E-state index in [-0.39, 0.29) is 5.91 Å². The molecule has 0 aromatic heterocycles. The zero-order valence-corrected chi connectivity index (χ0v) is 10.7. The van der Waals surface area contributed by atoms with Gasteiger partial charge in [0.25, 0.3) is 5.91 Å². The van der Waals surface area contributed by atoms with Crippen molar-refractivity contribution in [2.45, 2.75) is 20.0 Å². The predicted octanol–water partition coefficient (Wildman–Crippen LogP) is 2.50. The summed E-state index contributed by atoms with van der Waals surface area (Å²) in [5.41, 5.74) is 0.922. The molecule has 3 nitrogen and oxygen atoms in total. The maximum Gasteiger partial charge on any atom is 0.262 e. The van der Waals surface area contributed by atoms with Gasteiger partial charge in [-0.25, -0.2) is 0 Å². The summed E-state index contributed by atoms with van der Waals surface area (Å²) in [4.78, 5) is 13.1. The first-order chi connectivity index (χ1) is 7.41. The van der Waals surface area contributed by atoms with Gasteiger partial charge in [0.1, 0.15) is 5.75 Å². The third-order valence-corrected chi connectivity index (χ3v) is 2.46. The van der Waals surface area contributed by atoms with Crippen molar-refractivity contribution < 1.29 is 9.53 Å². The van der Waals surface area contributed by atoms with Gasteiger partial charge in [-0.15, -0.1) is 0 Å². The SMILES string of the molecule is Cc1cc(Cl)ccc1OC(C)C(=O)N(C)C. The van der Waals surface area contributed by atoms with Gasteiger partial charge in [0, 0.05) is 19.1 Å². The van der Waals surface area contributed by atoms with Crippen molar-refractivity contribution in [3.8, 4) is 5.75 Å². The quantitative estimate of drug-likeness (QED) is 0.814. The normalized spacial score (nSPS) is 12.1. The molecule has 1 unspecified atom stereocenters. The number of ether oxygens (including phenoxy) is 1. The van der Waals surface area contributed by atoms with Gasteiger partial charge in [-0.2, -0.15) is 0 Å². The number of hydrogen-bond donors (Lipinski definition) is 0. The summed E-state index contributed by atoms with van der Waals surface area (Å²) < 4.78 is 5.57. The Labute approximate surface area is 101 Å². The molecule has 16 heavy (non-hydrogen) atoms. The van der Waals surface area contributed by atoms with E-state index in [2.05, 4.69) is 0 Å². The van der Waals surface area contributed by atoms with Gasteiger partial charge in [-0.1, -0.05) is 11.6 Å². The Morgan fingerprint density at radius 3 is 2.56 bits per heavy atom. The number of hydrogen-bond acceptors (Lipinski definition) is 2. The van der Waals surface area contributed by atoms with E-state index >= 15 is 0 Å². The summed E-state index contributed by atoms with van der Waals surface area (Å²) in [5.74, 6) is 0.626. The number of likely N-dealkylation sites (N-methyl/N-ethyl adjacent to an activating group) is 1. The molecule has 0 aliphatic carbocycles. The van der Waals surface area contributed by atoms with Crippen LogP contribution in [0.2, 0.25) is 5.02 Å². The van der Waals surface area contributed by atoms with E-state index in [9.17, 15) is 4.79 Å². The Kier molecular flexibility index (Phi) is 4.19. The van der Waals surface area contributed by atoms with E-state index in [4.69, 9.17) is 16.3 Å². The highest BCUT2D eigenvalue weighted by molar-refractivity contribution is 6.30. The van der Waals surface area contributed by atoms with Gasteiger partial charge in [0.05, 0.1) is 0 Å². The molecule has 4 heteroatoms. The zero-order chi connectivity index (χ0) is 12.3. The van der Waals surface area contributed by atoms with Crippen molar-refractivity contribution in [1.82, 2.24) is 4.90 Å². The molecule has 0 aliphatic heterocycles. The fourth-order valence-corrected chi connectivity index (χ4v) is 1.58. The Morgan fingerprint density at radius 1 is 1.44 bits per heavy atom. The summed E-state index contributed by atoms with van der Waals surface area (Å²) in [6, 6.07) is 5.33. The van der Waals surface area contributed by atoms with Crippen LogP contribution in [-0.4, -0.2) is 31.0 Å². The highest BCUT2D eigenvalue weighted by Gasteiger charge is 2.17. The fourth-order valence-electron chi connectivity index (χ4n) is 1.35. The van der Waals surface area contributed by atoms with Gasteiger partial charge < -0.3 is 9.64 Å². The van der Waals surface area contributed by atoms with Crippen LogP contribution in [0.3, 0.4) is 0 Å². The van der Waals surface area contributed by atoms with Crippen molar-refractivity contribution in [2.24, 2.45) is 0 Å². The summed E-state index contributed by atoms with van der Waals surface area (Å²) in [6.07, 6.45) is -0.491. The monoisotopic (exact) mass is 241 g/mol. The molecule has 1 aromatic rings. The topological polar surface area (TPSA) is 29.5 Å². The van der Waals surface area contributed by atoms with Gasteiger partial charge >= 0.3 is 0 Å². The lowest BCUT2D eigenvalue weighted by Crippen LogP contribution is -2.35. The van der Waals surface area contributed by atoms with Crippen molar-refractivity contribution >= 4 is 17.5 Å². The fraction of sp³-hybridized carbons (Fsp3) is 0.417. The number of amides is 1. The van der Waals surface area contributed by atoms with Crippen LogP contribution in [0.15, 0.2) is 18.2 Å². The smallest absolute Gasteiger partial charge is 0.262 e. The molecule has 0 bridgehead atoms. The van der Waals surface area contributed by atoms with Gasteiger partial charge in [0.15, 0.2) is 6.10 Å². The maximum absolute atomic E-state index is 11.6. The van der Waals surface area contributed by atoms with Crippen LogP contribution in [0, 0.1) is 6.92 Å². The lowest BCUT2D eigenvalue weighted by molar-refractivity contribution is -0.135. The Morgan fingerprint density at radius 2 is 2.06 bits per heavy atom. The van der Waals surface area contributed by atoms with E-state index in [1.165, 1.54) is 4.90 Å². The van der Waals surface area contributed by atoms with Crippen LogP contribution in [-0.2, 0) is 4.79 Å². The molecule has 88 valence electrons. The average Bonchev–Trinajstić information content (AvgIpc) is 2.20. The van der Waals surface area contributed by atoms with Gasteiger partial charge in [-0.3, -0.25) is 4.79 Å². The van der Waals surface area contributed by atoms with Crippen molar-refractivity contribution in [2.75, 3.05) is 14.1 Å². The number of nitrogens with zero attached hydrogens (tertiary/aromatic N) is 1. The molecule has 0 heterocycles. The molecule has 0 spiro atoms. The molecule has 0 fully saturated rings. The second-order valence-corrected chi connectivity index (χ2v) is 4.34. The number of benzene rings is 1. The third kappa shape index (κ3) is 3.14. The molecule has 1 aromatic carbocycles. The zero-order valence-electron chi connectivity index (χ0n) is 9.95. The third-order valence-electron chi connectivity index (χ3n) is 2.23. The minimum atomic E-state index is -0.491. The number of carbonyl (C=O) groups is 1. The molecule has 0 aliphatic rings. The van der Waals surface area contributed by atoms with Crippen molar-refractivity contribution in [3.05, 3.63) is 28.8 Å².